The number of allylic oxidation sites excluding steroid dienone is 1. The third-order valence-electron chi connectivity index (χ3n) is 1.33. The zero-order valence-corrected chi connectivity index (χ0v) is 7.56. The molecule has 0 spiro atoms. The Morgan fingerprint density at radius 2 is 2.36 bits per heavy atom. The van der Waals surface area contributed by atoms with Crippen molar-refractivity contribution in [3.8, 4) is 0 Å². The number of aliphatic hydroxyl groups excluding tert-OH is 1. The maximum Gasteiger partial charge on any atom is 0.107 e. The van der Waals surface area contributed by atoms with Crippen LogP contribution in [0.15, 0.2) is 29.2 Å². The minimum Gasteiger partial charge on any atom is -0.383 e. The lowest BCUT2D eigenvalue weighted by atomic mass is 10.2. The molecular formula is C9H12OS. The Labute approximate surface area is 71.0 Å². The summed E-state index contributed by atoms with van der Waals surface area (Å²) in [5, 5.41) is 11.5. The molecule has 0 aliphatic rings. The third-order valence-corrected chi connectivity index (χ3v) is 2.27. The van der Waals surface area contributed by atoms with Crippen LogP contribution in [0.4, 0.5) is 0 Å². The molecule has 0 aliphatic heterocycles. The Bertz CT molecular complexity index is 232. The summed E-state index contributed by atoms with van der Waals surface area (Å²) in [5.74, 6) is 0. The molecule has 1 nitrogen and oxygen atoms in total. The highest BCUT2D eigenvalue weighted by molar-refractivity contribution is 7.10. The Kier molecular flexibility index (Phi) is 2.85. The lowest BCUT2D eigenvalue weighted by Gasteiger charge is -2.01. The van der Waals surface area contributed by atoms with E-state index in [1.807, 2.05) is 37.4 Å². The number of hydrogen-bond acceptors (Lipinski definition) is 2. The zero-order chi connectivity index (χ0) is 8.27. The van der Waals surface area contributed by atoms with Gasteiger partial charge < -0.3 is 5.11 Å². The topological polar surface area (TPSA) is 20.2 Å². The molecule has 1 rings (SSSR count). The van der Waals surface area contributed by atoms with Crippen molar-refractivity contribution in [1.82, 2.24) is 0 Å². The lowest BCUT2D eigenvalue weighted by Crippen LogP contribution is -1.88. The van der Waals surface area contributed by atoms with Crippen molar-refractivity contribution in [2.75, 3.05) is 0 Å². The van der Waals surface area contributed by atoms with E-state index in [9.17, 15) is 5.11 Å². The number of rotatable bonds is 2. The molecule has 0 radical (unpaired) electrons. The van der Waals surface area contributed by atoms with Crippen LogP contribution < -0.4 is 0 Å². The van der Waals surface area contributed by atoms with E-state index in [2.05, 4.69) is 0 Å². The quantitative estimate of drug-likeness (QED) is 0.673. The van der Waals surface area contributed by atoms with Crippen molar-refractivity contribution in [2.45, 2.75) is 20.0 Å². The minimum atomic E-state index is -0.417. The van der Waals surface area contributed by atoms with Crippen molar-refractivity contribution < 1.29 is 5.11 Å². The smallest absolute Gasteiger partial charge is 0.107 e. The largest absolute Gasteiger partial charge is 0.383 e. The average Bonchev–Trinajstić information content (AvgIpc) is 2.35. The summed E-state index contributed by atoms with van der Waals surface area (Å²) in [6.07, 6.45) is 1.44. The highest BCUT2D eigenvalue weighted by Gasteiger charge is 2.02. The highest BCUT2D eigenvalue weighted by Crippen LogP contribution is 2.20. The van der Waals surface area contributed by atoms with Crippen LogP contribution >= 0.6 is 11.3 Å². The first kappa shape index (κ1) is 8.50. The van der Waals surface area contributed by atoms with Crippen LogP contribution in [0.1, 0.15) is 24.8 Å². The third kappa shape index (κ3) is 2.48. The second-order valence-electron chi connectivity index (χ2n) is 2.70. The Hall–Kier alpha value is -0.600. The van der Waals surface area contributed by atoms with E-state index in [0.29, 0.717) is 0 Å². The first-order valence-corrected chi connectivity index (χ1v) is 4.44. The second kappa shape index (κ2) is 3.69. The van der Waals surface area contributed by atoms with Gasteiger partial charge in [-0.15, -0.1) is 11.3 Å². The molecule has 0 saturated carbocycles. The van der Waals surface area contributed by atoms with Crippen molar-refractivity contribution in [3.63, 3.8) is 0 Å². The van der Waals surface area contributed by atoms with Crippen molar-refractivity contribution >= 4 is 11.3 Å². The molecule has 1 heterocycles. The van der Waals surface area contributed by atoms with Crippen molar-refractivity contribution in [1.29, 1.82) is 0 Å². The summed E-state index contributed by atoms with van der Waals surface area (Å²) >= 11 is 1.58. The summed E-state index contributed by atoms with van der Waals surface area (Å²) in [5.41, 5.74) is 1.14. The fourth-order valence-electron chi connectivity index (χ4n) is 0.857. The summed E-state index contributed by atoms with van der Waals surface area (Å²) in [4.78, 5) is 1.01. The van der Waals surface area contributed by atoms with Crippen LogP contribution in [0.5, 0.6) is 0 Å². The van der Waals surface area contributed by atoms with E-state index in [-0.39, 0.29) is 0 Å². The van der Waals surface area contributed by atoms with Crippen LogP contribution in [0, 0.1) is 0 Å². The monoisotopic (exact) mass is 168 g/mol. The first-order chi connectivity index (χ1) is 5.20. The predicted molar refractivity (Wildman–Crippen MR) is 48.7 cm³/mol. The van der Waals surface area contributed by atoms with Gasteiger partial charge in [0.15, 0.2) is 0 Å². The van der Waals surface area contributed by atoms with Gasteiger partial charge in [0.25, 0.3) is 0 Å². The van der Waals surface area contributed by atoms with Crippen LogP contribution in [-0.4, -0.2) is 5.11 Å². The van der Waals surface area contributed by atoms with Gasteiger partial charge in [-0.2, -0.15) is 0 Å². The van der Waals surface area contributed by atoms with Crippen LogP contribution in [0.3, 0.4) is 0 Å². The molecule has 0 fully saturated rings. The molecular weight excluding hydrogens is 156 g/mol. The maximum absolute atomic E-state index is 9.51. The molecule has 0 saturated heterocycles. The molecule has 0 aliphatic carbocycles. The molecule has 11 heavy (non-hydrogen) atoms. The second-order valence-corrected chi connectivity index (χ2v) is 3.68. The molecule has 1 aromatic rings. The van der Waals surface area contributed by atoms with Crippen LogP contribution in [0.25, 0.3) is 0 Å². The zero-order valence-electron chi connectivity index (χ0n) is 6.74. The molecule has 0 bridgehead atoms. The molecule has 1 aromatic heterocycles. The van der Waals surface area contributed by atoms with Gasteiger partial charge in [-0.3, -0.25) is 0 Å². The summed E-state index contributed by atoms with van der Waals surface area (Å²) in [6.45, 7) is 3.97. The van der Waals surface area contributed by atoms with Gasteiger partial charge in [0.05, 0.1) is 0 Å². The van der Waals surface area contributed by atoms with Gasteiger partial charge in [-0.1, -0.05) is 17.7 Å². The van der Waals surface area contributed by atoms with E-state index >= 15 is 0 Å². The van der Waals surface area contributed by atoms with Gasteiger partial charge >= 0.3 is 0 Å². The Morgan fingerprint density at radius 3 is 2.82 bits per heavy atom. The minimum absolute atomic E-state index is 0.417. The summed E-state index contributed by atoms with van der Waals surface area (Å²) in [7, 11) is 0. The van der Waals surface area contributed by atoms with E-state index in [1.165, 1.54) is 0 Å². The van der Waals surface area contributed by atoms with E-state index in [0.717, 1.165) is 10.5 Å². The molecule has 0 aromatic carbocycles. The Balaban J connectivity index is 2.71. The van der Waals surface area contributed by atoms with Crippen molar-refractivity contribution in [3.05, 3.63) is 34.0 Å². The number of aliphatic hydroxyl groups is 1. The number of thiophene rings is 1. The molecule has 0 amide bonds. The average molecular weight is 168 g/mol. The predicted octanol–water partition coefficient (Wildman–Crippen LogP) is 2.75. The van der Waals surface area contributed by atoms with Gasteiger partial charge in [-0.25, -0.2) is 0 Å². The van der Waals surface area contributed by atoms with E-state index in [1.54, 1.807) is 11.3 Å². The maximum atomic E-state index is 9.51. The molecule has 1 N–H and O–H groups in total. The van der Waals surface area contributed by atoms with Gasteiger partial charge in [0, 0.05) is 4.88 Å². The lowest BCUT2D eigenvalue weighted by molar-refractivity contribution is 0.231. The number of hydrogen-bond donors (Lipinski definition) is 1. The standard InChI is InChI=1S/C9H12OS/c1-7(2)6-8(10)9-4-3-5-11-9/h3-6,8,10H,1-2H3. The van der Waals surface area contributed by atoms with E-state index < -0.39 is 6.10 Å². The normalized spacial score (nSPS) is 12.6. The van der Waals surface area contributed by atoms with Gasteiger partial charge in [0.2, 0.25) is 0 Å². The molecule has 1 unspecified atom stereocenters. The fraction of sp³-hybridized carbons (Fsp3) is 0.333. The molecule has 1 atom stereocenters. The summed E-state index contributed by atoms with van der Waals surface area (Å²) < 4.78 is 0. The van der Waals surface area contributed by atoms with E-state index in [4.69, 9.17) is 0 Å². The van der Waals surface area contributed by atoms with Crippen LogP contribution in [-0.2, 0) is 0 Å². The molecule has 2 heteroatoms. The Morgan fingerprint density at radius 1 is 1.64 bits per heavy atom. The first-order valence-electron chi connectivity index (χ1n) is 3.56. The van der Waals surface area contributed by atoms with Gasteiger partial charge in [0.1, 0.15) is 6.10 Å². The van der Waals surface area contributed by atoms with Crippen LogP contribution in [0.2, 0.25) is 0 Å². The highest BCUT2D eigenvalue weighted by atomic mass is 32.1. The SMILES string of the molecule is CC(C)=CC(O)c1cccs1. The fourth-order valence-corrected chi connectivity index (χ4v) is 1.54. The van der Waals surface area contributed by atoms with Gasteiger partial charge in [-0.05, 0) is 25.3 Å². The van der Waals surface area contributed by atoms with Crippen molar-refractivity contribution in [2.24, 2.45) is 0 Å². The summed E-state index contributed by atoms with van der Waals surface area (Å²) in [6, 6.07) is 3.89. The molecule has 60 valence electrons.